The summed E-state index contributed by atoms with van der Waals surface area (Å²) in [7, 11) is 1.80. The molecule has 5 nitrogen and oxygen atoms in total. The zero-order valence-corrected chi connectivity index (χ0v) is 15.7. The van der Waals surface area contributed by atoms with Gasteiger partial charge in [-0.2, -0.15) is 0 Å². The topological polar surface area (TPSA) is 48.9 Å². The lowest BCUT2D eigenvalue weighted by molar-refractivity contribution is -0.00833. The van der Waals surface area contributed by atoms with Gasteiger partial charge in [0.05, 0.1) is 13.2 Å². The van der Waals surface area contributed by atoms with Crippen LogP contribution in [0.2, 0.25) is 5.02 Å². The Labute approximate surface area is 150 Å². The predicted octanol–water partition coefficient (Wildman–Crippen LogP) is 2.16. The highest BCUT2D eigenvalue weighted by molar-refractivity contribution is 6.30. The molecule has 1 aromatic carbocycles. The molecule has 0 radical (unpaired) electrons. The average Bonchev–Trinajstić information content (AvgIpc) is 2.59. The van der Waals surface area contributed by atoms with E-state index in [4.69, 9.17) is 16.3 Å². The van der Waals surface area contributed by atoms with E-state index in [1.165, 1.54) is 5.56 Å². The highest BCUT2D eigenvalue weighted by Crippen LogP contribution is 2.15. The molecule has 1 saturated heterocycles. The van der Waals surface area contributed by atoms with Gasteiger partial charge in [-0.1, -0.05) is 23.7 Å². The van der Waals surface area contributed by atoms with Crippen molar-refractivity contribution >= 4 is 17.6 Å². The van der Waals surface area contributed by atoms with E-state index in [0.717, 1.165) is 56.8 Å². The molecule has 0 spiro atoms. The van der Waals surface area contributed by atoms with Crippen LogP contribution >= 0.6 is 11.6 Å². The first-order valence-electron chi connectivity index (χ1n) is 8.53. The van der Waals surface area contributed by atoms with Crippen LogP contribution in [0.3, 0.4) is 0 Å². The number of halogens is 1. The van der Waals surface area contributed by atoms with Gasteiger partial charge in [0.1, 0.15) is 0 Å². The zero-order valence-electron chi connectivity index (χ0n) is 14.9. The zero-order chi connectivity index (χ0) is 17.4. The summed E-state index contributed by atoms with van der Waals surface area (Å²) in [5.74, 6) is 0.832. The molecule has 2 N–H and O–H groups in total. The van der Waals surface area contributed by atoms with Crippen LogP contribution in [0, 0.1) is 0 Å². The summed E-state index contributed by atoms with van der Waals surface area (Å²) in [5.41, 5.74) is 1.29. The van der Waals surface area contributed by atoms with Gasteiger partial charge >= 0.3 is 0 Å². The fraction of sp³-hybridized carbons (Fsp3) is 0.611. The van der Waals surface area contributed by atoms with Crippen molar-refractivity contribution in [2.24, 2.45) is 4.99 Å². The van der Waals surface area contributed by atoms with Crippen molar-refractivity contribution in [3.8, 4) is 0 Å². The first-order chi connectivity index (χ1) is 11.5. The largest absolute Gasteiger partial charge is 0.379 e. The number of benzene rings is 1. The summed E-state index contributed by atoms with van der Waals surface area (Å²) < 4.78 is 5.44. The van der Waals surface area contributed by atoms with Gasteiger partial charge in [-0.15, -0.1) is 0 Å². The Kier molecular flexibility index (Phi) is 7.34. The van der Waals surface area contributed by atoms with Crippen molar-refractivity contribution < 1.29 is 4.74 Å². The van der Waals surface area contributed by atoms with E-state index in [1.54, 1.807) is 7.05 Å². The van der Waals surface area contributed by atoms with Gasteiger partial charge in [0.15, 0.2) is 5.96 Å². The number of hydrogen-bond donors (Lipinski definition) is 2. The molecule has 0 atom stereocenters. The van der Waals surface area contributed by atoms with E-state index in [0.29, 0.717) is 0 Å². The molecule has 134 valence electrons. The molecule has 0 aromatic heterocycles. The van der Waals surface area contributed by atoms with Crippen LogP contribution in [-0.2, 0) is 11.2 Å². The molecule has 24 heavy (non-hydrogen) atoms. The second-order valence-corrected chi connectivity index (χ2v) is 7.08. The third kappa shape index (κ3) is 5.96. The van der Waals surface area contributed by atoms with E-state index in [9.17, 15) is 0 Å². The maximum absolute atomic E-state index is 6.02. The number of rotatable bonds is 6. The normalized spacial score (nSPS) is 16.9. The predicted molar refractivity (Wildman–Crippen MR) is 101 cm³/mol. The van der Waals surface area contributed by atoms with Gasteiger partial charge in [-0.05, 0) is 38.0 Å². The first kappa shape index (κ1) is 19.0. The highest BCUT2D eigenvalue weighted by atomic mass is 35.5. The van der Waals surface area contributed by atoms with E-state index < -0.39 is 0 Å². The first-order valence-corrected chi connectivity index (χ1v) is 8.91. The lowest BCUT2D eigenvalue weighted by Gasteiger charge is -2.41. The quantitative estimate of drug-likeness (QED) is 0.608. The molecule has 0 unspecified atom stereocenters. The van der Waals surface area contributed by atoms with E-state index >= 15 is 0 Å². The van der Waals surface area contributed by atoms with E-state index in [-0.39, 0.29) is 5.54 Å². The maximum Gasteiger partial charge on any atom is 0.191 e. The summed E-state index contributed by atoms with van der Waals surface area (Å²) in [6, 6.07) is 7.97. The third-order valence-corrected chi connectivity index (χ3v) is 4.61. The molecular formula is C18H29ClN4O. The molecule has 1 fully saturated rings. The highest BCUT2D eigenvalue weighted by Gasteiger charge is 2.28. The monoisotopic (exact) mass is 352 g/mol. The Bertz CT molecular complexity index is 542. The van der Waals surface area contributed by atoms with Crippen LogP contribution in [-0.4, -0.2) is 62.8 Å². The molecule has 1 aliphatic heterocycles. The number of aliphatic imine (C=N–C) groups is 1. The number of ether oxygens (including phenoxy) is 1. The molecular weight excluding hydrogens is 324 g/mol. The molecule has 1 aliphatic rings. The fourth-order valence-electron chi connectivity index (χ4n) is 2.82. The summed E-state index contributed by atoms with van der Waals surface area (Å²) in [5, 5.41) is 7.58. The minimum Gasteiger partial charge on any atom is -0.379 e. The van der Waals surface area contributed by atoms with Crippen molar-refractivity contribution in [1.29, 1.82) is 0 Å². The summed E-state index contributed by atoms with van der Waals surface area (Å²) in [6.45, 7) is 9.76. The van der Waals surface area contributed by atoms with Crippen LogP contribution in [0.15, 0.2) is 29.3 Å². The summed E-state index contributed by atoms with van der Waals surface area (Å²) in [6.07, 6.45) is 0.911. The van der Waals surface area contributed by atoms with Crippen molar-refractivity contribution in [2.75, 3.05) is 46.4 Å². The Balaban J connectivity index is 1.75. The van der Waals surface area contributed by atoms with Gasteiger partial charge in [0.25, 0.3) is 0 Å². The van der Waals surface area contributed by atoms with Gasteiger partial charge in [-0.25, -0.2) is 0 Å². The van der Waals surface area contributed by atoms with Crippen molar-refractivity contribution in [1.82, 2.24) is 15.5 Å². The minimum absolute atomic E-state index is 0.0638. The Morgan fingerprint density at radius 3 is 2.71 bits per heavy atom. The molecule has 1 heterocycles. The standard InChI is InChI=1S/C18H29ClN4O/c1-18(2,23-9-11-24-12-10-23)14-22-17(20-3)21-8-7-15-5-4-6-16(19)13-15/h4-6,13H,7-12,14H2,1-3H3,(H2,20,21,22). The average molecular weight is 353 g/mol. The fourth-order valence-corrected chi connectivity index (χ4v) is 3.03. The van der Waals surface area contributed by atoms with E-state index in [1.807, 2.05) is 18.2 Å². The Hall–Kier alpha value is -1.30. The number of hydrogen-bond acceptors (Lipinski definition) is 3. The smallest absolute Gasteiger partial charge is 0.191 e. The number of morpholine rings is 1. The van der Waals surface area contributed by atoms with Gasteiger partial charge < -0.3 is 15.4 Å². The van der Waals surface area contributed by atoms with Crippen LogP contribution in [0.4, 0.5) is 0 Å². The van der Waals surface area contributed by atoms with Crippen LogP contribution in [0.25, 0.3) is 0 Å². The molecule has 0 saturated carbocycles. The number of guanidine groups is 1. The van der Waals surface area contributed by atoms with Crippen molar-refractivity contribution in [3.05, 3.63) is 34.9 Å². The van der Waals surface area contributed by atoms with Crippen molar-refractivity contribution in [3.63, 3.8) is 0 Å². The van der Waals surface area contributed by atoms with E-state index in [2.05, 4.69) is 40.4 Å². The van der Waals surface area contributed by atoms with Gasteiger partial charge in [0.2, 0.25) is 0 Å². The van der Waals surface area contributed by atoms with Crippen LogP contribution in [0.1, 0.15) is 19.4 Å². The summed E-state index contributed by atoms with van der Waals surface area (Å²) >= 11 is 6.02. The number of nitrogens with one attached hydrogen (secondary N) is 2. The lowest BCUT2D eigenvalue weighted by Crippen LogP contribution is -2.56. The van der Waals surface area contributed by atoms with Crippen molar-refractivity contribution in [2.45, 2.75) is 25.8 Å². The number of nitrogens with zero attached hydrogens (tertiary/aromatic N) is 2. The molecule has 0 aliphatic carbocycles. The van der Waals surface area contributed by atoms with Crippen LogP contribution < -0.4 is 10.6 Å². The molecule has 0 amide bonds. The minimum atomic E-state index is 0.0638. The Morgan fingerprint density at radius 2 is 2.04 bits per heavy atom. The van der Waals surface area contributed by atoms with Crippen LogP contribution in [0.5, 0.6) is 0 Å². The molecule has 0 bridgehead atoms. The Morgan fingerprint density at radius 1 is 1.29 bits per heavy atom. The summed E-state index contributed by atoms with van der Waals surface area (Å²) in [4.78, 5) is 6.77. The second kappa shape index (κ2) is 9.25. The SMILES string of the molecule is CN=C(NCCc1cccc(Cl)c1)NCC(C)(C)N1CCOCC1. The van der Waals surface area contributed by atoms with Gasteiger partial charge in [-0.3, -0.25) is 9.89 Å². The lowest BCUT2D eigenvalue weighted by atomic mass is 10.0. The molecule has 2 rings (SSSR count). The maximum atomic E-state index is 6.02. The molecule has 1 aromatic rings. The van der Waals surface area contributed by atoms with Gasteiger partial charge in [0, 0.05) is 43.8 Å². The third-order valence-electron chi connectivity index (χ3n) is 4.37. The molecule has 6 heteroatoms. The second-order valence-electron chi connectivity index (χ2n) is 6.64.